The molecule has 1 amide bonds. The largest absolute Gasteiger partial charge is 0.354 e. The Hall–Kier alpha value is -3.03. The second kappa shape index (κ2) is 6.46. The Balaban J connectivity index is 1.46. The van der Waals surface area contributed by atoms with E-state index in [1.165, 1.54) is 12.1 Å². The van der Waals surface area contributed by atoms with Crippen molar-refractivity contribution in [2.45, 2.75) is 12.8 Å². The molecule has 1 atom stereocenters. The van der Waals surface area contributed by atoms with Crippen molar-refractivity contribution >= 4 is 23.1 Å². The lowest BCUT2D eigenvalue weighted by atomic mass is 9.97. The molecule has 0 bridgehead atoms. The number of amides is 1. The van der Waals surface area contributed by atoms with Crippen LogP contribution in [0, 0.1) is 11.7 Å². The van der Waals surface area contributed by atoms with E-state index in [0.29, 0.717) is 17.9 Å². The monoisotopic (exact) mass is 340 g/mol. The van der Waals surface area contributed by atoms with Gasteiger partial charge in [-0.3, -0.25) is 4.79 Å². The Bertz CT molecular complexity index is 894. The first-order chi connectivity index (χ1) is 12.2. The fourth-order valence-electron chi connectivity index (χ4n) is 3.06. The van der Waals surface area contributed by atoms with E-state index in [9.17, 15) is 9.18 Å². The number of rotatable bonds is 3. The number of anilines is 2. The first-order valence-electron chi connectivity index (χ1n) is 8.17. The topological polar surface area (TPSA) is 75.4 Å². The fraction of sp³-hybridized carbons (Fsp3) is 0.294. The van der Waals surface area contributed by atoms with Crippen LogP contribution in [0.3, 0.4) is 0 Å². The summed E-state index contributed by atoms with van der Waals surface area (Å²) in [4.78, 5) is 14.6. The third-order valence-electron chi connectivity index (χ3n) is 4.38. The van der Waals surface area contributed by atoms with Crippen molar-refractivity contribution < 1.29 is 9.18 Å². The van der Waals surface area contributed by atoms with Crippen molar-refractivity contribution in [3.8, 4) is 0 Å². The fourth-order valence-corrected chi connectivity index (χ4v) is 3.06. The molecule has 3 aromatic rings. The van der Waals surface area contributed by atoms with Gasteiger partial charge < -0.3 is 10.2 Å². The van der Waals surface area contributed by atoms with Gasteiger partial charge in [-0.1, -0.05) is 0 Å². The molecule has 7 nitrogen and oxygen atoms in total. The standard InChI is InChI=1S/C17H17FN6O/c18-13-3-5-14(6-4-13)20-17(25)12-2-1-9-23(10-12)16-8-7-15-21-19-11-24(15)22-16/h3-8,11-12H,1-2,9-10H2,(H,20,25)/t12-/m0/s1. The Kier molecular flexibility index (Phi) is 4.01. The van der Waals surface area contributed by atoms with Crippen molar-refractivity contribution in [1.29, 1.82) is 0 Å². The summed E-state index contributed by atoms with van der Waals surface area (Å²) in [6.45, 7) is 1.44. The normalized spacial score (nSPS) is 17.6. The molecule has 0 aliphatic carbocycles. The van der Waals surface area contributed by atoms with Crippen molar-refractivity contribution in [1.82, 2.24) is 19.8 Å². The lowest BCUT2D eigenvalue weighted by molar-refractivity contribution is -0.120. The quantitative estimate of drug-likeness (QED) is 0.790. The number of carbonyl (C=O) groups is 1. The molecule has 2 aromatic heterocycles. The van der Waals surface area contributed by atoms with E-state index in [1.807, 2.05) is 12.1 Å². The third-order valence-corrected chi connectivity index (χ3v) is 4.38. The van der Waals surface area contributed by atoms with Gasteiger partial charge in [0.05, 0.1) is 5.92 Å². The second-order valence-corrected chi connectivity index (χ2v) is 6.11. The number of carbonyl (C=O) groups excluding carboxylic acids is 1. The highest BCUT2D eigenvalue weighted by molar-refractivity contribution is 5.93. The molecule has 1 aliphatic heterocycles. The van der Waals surface area contributed by atoms with Gasteiger partial charge in [0.25, 0.3) is 0 Å². The molecule has 1 fully saturated rings. The number of halogens is 1. The molecule has 4 rings (SSSR count). The molecule has 1 aromatic carbocycles. The number of fused-ring (bicyclic) bond motifs is 1. The Morgan fingerprint density at radius 1 is 1.20 bits per heavy atom. The number of aromatic nitrogens is 4. The smallest absolute Gasteiger partial charge is 0.229 e. The first-order valence-corrected chi connectivity index (χ1v) is 8.17. The predicted octanol–water partition coefficient (Wildman–Crippen LogP) is 2.12. The summed E-state index contributed by atoms with van der Waals surface area (Å²) < 4.78 is 14.6. The lowest BCUT2D eigenvalue weighted by Crippen LogP contribution is -2.41. The minimum atomic E-state index is -0.322. The van der Waals surface area contributed by atoms with Crippen molar-refractivity contribution in [2.24, 2.45) is 5.92 Å². The Labute approximate surface area is 143 Å². The summed E-state index contributed by atoms with van der Waals surface area (Å²) in [5.41, 5.74) is 1.29. The zero-order valence-electron chi connectivity index (χ0n) is 13.5. The zero-order chi connectivity index (χ0) is 17.2. The molecule has 0 radical (unpaired) electrons. The van der Waals surface area contributed by atoms with Gasteiger partial charge in [-0.25, -0.2) is 4.39 Å². The summed E-state index contributed by atoms with van der Waals surface area (Å²) in [6, 6.07) is 9.55. The number of hydrogen-bond donors (Lipinski definition) is 1. The lowest BCUT2D eigenvalue weighted by Gasteiger charge is -2.32. The molecule has 0 unspecified atom stereocenters. The van der Waals surface area contributed by atoms with Crippen molar-refractivity contribution in [3.05, 3.63) is 48.5 Å². The molecule has 1 saturated heterocycles. The second-order valence-electron chi connectivity index (χ2n) is 6.11. The third kappa shape index (κ3) is 3.28. The summed E-state index contributed by atoms with van der Waals surface area (Å²) in [5, 5.41) is 15.1. The minimum absolute atomic E-state index is 0.0540. The van der Waals surface area contributed by atoms with Crippen LogP contribution in [0.15, 0.2) is 42.7 Å². The number of benzene rings is 1. The number of nitrogens with zero attached hydrogens (tertiary/aromatic N) is 5. The average Bonchev–Trinajstić information content (AvgIpc) is 3.11. The van der Waals surface area contributed by atoms with Crippen LogP contribution in [-0.4, -0.2) is 38.8 Å². The molecule has 128 valence electrons. The van der Waals surface area contributed by atoms with E-state index < -0.39 is 0 Å². The molecule has 8 heteroatoms. The van der Waals surface area contributed by atoms with Crippen LogP contribution in [0.5, 0.6) is 0 Å². The molecule has 1 N–H and O–H groups in total. The van der Waals surface area contributed by atoms with Crippen LogP contribution in [0.2, 0.25) is 0 Å². The maximum atomic E-state index is 13.0. The molecule has 0 spiro atoms. The molecule has 3 heterocycles. The highest BCUT2D eigenvalue weighted by Crippen LogP contribution is 2.23. The van der Waals surface area contributed by atoms with Crippen LogP contribution in [0.1, 0.15) is 12.8 Å². The first kappa shape index (κ1) is 15.5. The van der Waals surface area contributed by atoms with E-state index in [0.717, 1.165) is 25.2 Å². The van der Waals surface area contributed by atoms with Gasteiger partial charge >= 0.3 is 0 Å². The van der Waals surface area contributed by atoms with Crippen LogP contribution in [0.4, 0.5) is 15.9 Å². The zero-order valence-corrected chi connectivity index (χ0v) is 13.5. The van der Waals surface area contributed by atoms with E-state index in [-0.39, 0.29) is 17.6 Å². The van der Waals surface area contributed by atoms with Crippen molar-refractivity contribution in [3.63, 3.8) is 0 Å². The Morgan fingerprint density at radius 3 is 2.88 bits per heavy atom. The Morgan fingerprint density at radius 2 is 2.04 bits per heavy atom. The van der Waals surface area contributed by atoms with Crippen LogP contribution in [0.25, 0.3) is 5.65 Å². The van der Waals surface area contributed by atoms with Crippen LogP contribution < -0.4 is 10.2 Å². The minimum Gasteiger partial charge on any atom is -0.354 e. The number of nitrogens with one attached hydrogen (secondary N) is 1. The molecular formula is C17H17FN6O. The van der Waals surface area contributed by atoms with E-state index in [4.69, 9.17) is 0 Å². The van der Waals surface area contributed by atoms with Gasteiger partial charge in [0.1, 0.15) is 18.0 Å². The van der Waals surface area contributed by atoms with E-state index in [2.05, 4.69) is 25.5 Å². The molecule has 25 heavy (non-hydrogen) atoms. The number of hydrogen-bond acceptors (Lipinski definition) is 5. The summed E-state index contributed by atoms with van der Waals surface area (Å²) >= 11 is 0. The van der Waals surface area contributed by atoms with Crippen LogP contribution in [-0.2, 0) is 4.79 Å². The molecule has 1 aliphatic rings. The molecule has 0 saturated carbocycles. The van der Waals surface area contributed by atoms with Gasteiger partial charge in [-0.2, -0.15) is 4.52 Å². The van der Waals surface area contributed by atoms with E-state index in [1.54, 1.807) is 23.0 Å². The molecular weight excluding hydrogens is 323 g/mol. The maximum absolute atomic E-state index is 13.0. The van der Waals surface area contributed by atoms with Gasteiger partial charge in [0.15, 0.2) is 5.65 Å². The van der Waals surface area contributed by atoms with E-state index >= 15 is 0 Å². The summed E-state index contributed by atoms with van der Waals surface area (Å²) in [5.74, 6) is 0.280. The SMILES string of the molecule is O=C(Nc1ccc(F)cc1)[C@H]1CCCN(c2ccc3nncn3n2)C1. The maximum Gasteiger partial charge on any atom is 0.229 e. The predicted molar refractivity (Wildman–Crippen MR) is 90.7 cm³/mol. The summed E-state index contributed by atoms with van der Waals surface area (Å²) in [6.07, 6.45) is 3.28. The highest BCUT2D eigenvalue weighted by Gasteiger charge is 2.27. The van der Waals surface area contributed by atoms with Crippen LogP contribution >= 0.6 is 0 Å². The van der Waals surface area contributed by atoms with Gasteiger partial charge in [0, 0.05) is 18.8 Å². The van der Waals surface area contributed by atoms with Crippen molar-refractivity contribution in [2.75, 3.05) is 23.3 Å². The van der Waals surface area contributed by atoms with Gasteiger partial charge in [-0.05, 0) is 49.2 Å². The van der Waals surface area contributed by atoms with Gasteiger partial charge in [0.2, 0.25) is 5.91 Å². The summed E-state index contributed by atoms with van der Waals surface area (Å²) in [7, 11) is 0. The average molecular weight is 340 g/mol. The van der Waals surface area contributed by atoms with Gasteiger partial charge in [-0.15, -0.1) is 15.3 Å². The number of piperidine rings is 1. The highest BCUT2D eigenvalue weighted by atomic mass is 19.1.